The SMILES string of the molecule is COCC1(CN2CCC(CC(C)(C)C)CC2)CC1. The molecule has 2 rings (SSSR count). The first-order chi connectivity index (χ1) is 8.42. The molecule has 2 aliphatic rings. The maximum absolute atomic E-state index is 5.37. The fraction of sp³-hybridized carbons (Fsp3) is 1.00. The molecule has 1 aliphatic heterocycles. The minimum atomic E-state index is 0.501. The van der Waals surface area contributed by atoms with E-state index in [1.165, 1.54) is 51.7 Å². The van der Waals surface area contributed by atoms with E-state index in [4.69, 9.17) is 4.74 Å². The zero-order valence-electron chi connectivity index (χ0n) is 12.8. The molecule has 0 aromatic rings. The molecule has 2 fully saturated rings. The van der Waals surface area contributed by atoms with E-state index in [2.05, 4.69) is 25.7 Å². The van der Waals surface area contributed by atoms with Crippen LogP contribution in [0.2, 0.25) is 0 Å². The molecule has 2 nitrogen and oxygen atoms in total. The Hall–Kier alpha value is -0.0800. The summed E-state index contributed by atoms with van der Waals surface area (Å²) in [7, 11) is 1.84. The molecule has 0 unspecified atom stereocenters. The van der Waals surface area contributed by atoms with E-state index in [0.29, 0.717) is 10.8 Å². The third-order valence-corrected chi connectivity index (χ3v) is 4.57. The molecular weight excluding hydrogens is 222 g/mol. The van der Waals surface area contributed by atoms with Gasteiger partial charge in [-0.15, -0.1) is 0 Å². The van der Waals surface area contributed by atoms with Crippen LogP contribution in [0.4, 0.5) is 0 Å². The highest BCUT2D eigenvalue weighted by molar-refractivity contribution is 4.96. The average Bonchev–Trinajstić information content (AvgIpc) is 3.00. The van der Waals surface area contributed by atoms with Crippen LogP contribution in [0.5, 0.6) is 0 Å². The van der Waals surface area contributed by atoms with Gasteiger partial charge in [-0.25, -0.2) is 0 Å². The van der Waals surface area contributed by atoms with Gasteiger partial charge in [-0.3, -0.25) is 0 Å². The summed E-state index contributed by atoms with van der Waals surface area (Å²) in [5, 5.41) is 0. The van der Waals surface area contributed by atoms with E-state index in [1.807, 2.05) is 7.11 Å². The molecule has 2 heteroatoms. The van der Waals surface area contributed by atoms with Crippen molar-refractivity contribution in [3.8, 4) is 0 Å². The highest BCUT2D eigenvalue weighted by atomic mass is 16.5. The zero-order valence-corrected chi connectivity index (χ0v) is 12.8. The molecule has 1 aliphatic carbocycles. The average molecular weight is 253 g/mol. The van der Waals surface area contributed by atoms with Crippen LogP contribution >= 0.6 is 0 Å². The van der Waals surface area contributed by atoms with E-state index in [-0.39, 0.29) is 0 Å². The zero-order chi connectivity index (χ0) is 13.2. The lowest BCUT2D eigenvalue weighted by Crippen LogP contribution is -2.39. The second kappa shape index (κ2) is 5.50. The lowest BCUT2D eigenvalue weighted by atomic mass is 9.80. The van der Waals surface area contributed by atoms with Gasteiger partial charge >= 0.3 is 0 Å². The summed E-state index contributed by atoms with van der Waals surface area (Å²) in [6.45, 7) is 12.0. The molecule has 1 saturated carbocycles. The van der Waals surface area contributed by atoms with Crippen molar-refractivity contribution in [2.24, 2.45) is 16.7 Å². The van der Waals surface area contributed by atoms with Gasteiger partial charge in [0, 0.05) is 19.1 Å². The van der Waals surface area contributed by atoms with Crippen LogP contribution in [0.25, 0.3) is 0 Å². The van der Waals surface area contributed by atoms with Crippen LogP contribution in [0.1, 0.15) is 52.9 Å². The van der Waals surface area contributed by atoms with E-state index in [0.717, 1.165) is 12.5 Å². The topological polar surface area (TPSA) is 12.5 Å². The summed E-state index contributed by atoms with van der Waals surface area (Å²) in [6, 6.07) is 0. The molecule has 0 aromatic carbocycles. The molecule has 0 aromatic heterocycles. The van der Waals surface area contributed by atoms with Crippen LogP contribution < -0.4 is 0 Å². The first-order valence-electron chi connectivity index (χ1n) is 7.64. The maximum atomic E-state index is 5.37. The predicted octanol–water partition coefficient (Wildman–Crippen LogP) is 3.56. The molecule has 1 saturated heterocycles. The van der Waals surface area contributed by atoms with Crippen molar-refractivity contribution < 1.29 is 4.74 Å². The summed E-state index contributed by atoms with van der Waals surface area (Å²) in [5.74, 6) is 0.957. The highest BCUT2D eigenvalue weighted by Gasteiger charge is 2.44. The summed E-state index contributed by atoms with van der Waals surface area (Å²) >= 11 is 0. The molecule has 0 amide bonds. The van der Waals surface area contributed by atoms with Crippen LogP contribution in [0.3, 0.4) is 0 Å². The van der Waals surface area contributed by atoms with Gasteiger partial charge in [0.15, 0.2) is 0 Å². The number of piperidine rings is 1. The summed E-state index contributed by atoms with van der Waals surface area (Å²) < 4.78 is 5.37. The second-order valence-electron chi connectivity index (χ2n) is 7.92. The second-order valence-corrected chi connectivity index (χ2v) is 7.92. The van der Waals surface area contributed by atoms with Crippen molar-refractivity contribution in [2.75, 3.05) is 33.4 Å². The Bertz CT molecular complexity index is 257. The van der Waals surface area contributed by atoms with Crippen molar-refractivity contribution in [3.63, 3.8) is 0 Å². The van der Waals surface area contributed by atoms with Gasteiger partial charge < -0.3 is 9.64 Å². The van der Waals surface area contributed by atoms with Crippen LogP contribution in [0.15, 0.2) is 0 Å². The Morgan fingerprint density at radius 3 is 2.22 bits per heavy atom. The third-order valence-electron chi connectivity index (χ3n) is 4.57. The molecule has 0 radical (unpaired) electrons. The Kier molecular flexibility index (Phi) is 4.38. The quantitative estimate of drug-likeness (QED) is 0.743. The van der Waals surface area contributed by atoms with Gasteiger partial charge in [-0.1, -0.05) is 20.8 Å². The number of nitrogens with zero attached hydrogens (tertiary/aromatic N) is 1. The molecule has 106 valence electrons. The fourth-order valence-corrected chi connectivity index (χ4v) is 3.52. The molecule has 0 atom stereocenters. The molecule has 18 heavy (non-hydrogen) atoms. The van der Waals surface area contributed by atoms with Crippen molar-refractivity contribution in [2.45, 2.75) is 52.9 Å². The standard InChI is InChI=1S/C16H31NO/c1-15(2,3)11-14-5-9-17(10-6-14)12-16(7-8-16)13-18-4/h14H,5-13H2,1-4H3. The van der Waals surface area contributed by atoms with Crippen molar-refractivity contribution in [1.82, 2.24) is 4.90 Å². The monoisotopic (exact) mass is 253 g/mol. The number of methoxy groups -OCH3 is 1. The molecule has 1 heterocycles. The van der Waals surface area contributed by atoms with Crippen LogP contribution in [-0.2, 0) is 4.74 Å². The summed E-state index contributed by atoms with van der Waals surface area (Å²) in [6.07, 6.45) is 6.95. The Balaban J connectivity index is 1.70. The predicted molar refractivity (Wildman–Crippen MR) is 76.8 cm³/mol. The van der Waals surface area contributed by atoms with E-state index >= 15 is 0 Å². The largest absolute Gasteiger partial charge is 0.384 e. The molecule has 0 bridgehead atoms. The molecule has 0 spiro atoms. The van der Waals surface area contributed by atoms with E-state index in [9.17, 15) is 0 Å². The third kappa shape index (κ3) is 4.24. The fourth-order valence-electron chi connectivity index (χ4n) is 3.52. The van der Waals surface area contributed by atoms with Crippen LogP contribution in [-0.4, -0.2) is 38.3 Å². The first-order valence-corrected chi connectivity index (χ1v) is 7.64. The Morgan fingerprint density at radius 1 is 1.17 bits per heavy atom. The first kappa shape index (κ1) is 14.3. The Morgan fingerprint density at radius 2 is 1.78 bits per heavy atom. The lowest BCUT2D eigenvalue weighted by Gasteiger charge is -2.36. The van der Waals surface area contributed by atoms with Crippen molar-refractivity contribution in [3.05, 3.63) is 0 Å². The van der Waals surface area contributed by atoms with Crippen molar-refractivity contribution in [1.29, 1.82) is 0 Å². The number of likely N-dealkylation sites (tertiary alicyclic amines) is 1. The van der Waals surface area contributed by atoms with E-state index < -0.39 is 0 Å². The summed E-state index contributed by atoms with van der Waals surface area (Å²) in [4.78, 5) is 2.69. The normalized spacial score (nSPS) is 25.3. The molecule has 0 N–H and O–H groups in total. The lowest BCUT2D eigenvalue weighted by molar-refractivity contribution is 0.0846. The van der Waals surface area contributed by atoms with Crippen LogP contribution in [0, 0.1) is 16.7 Å². The number of hydrogen-bond acceptors (Lipinski definition) is 2. The number of ether oxygens (including phenoxy) is 1. The molecular formula is C16H31NO. The van der Waals surface area contributed by atoms with Gasteiger partial charge in [-0.2, -0.15) is 0 Å². The maximum Gasteiger partial charge on any atom is 0.0530 e. The number of rotatable bonds is 5. The number of hydrogen-bond donors (Lipinski definition) is 0. The highest BCUT2D eigenvalue weighted by Crippen LogP contribution is 2.47. The van der Waals surface area contributed by atoms with E-state index in [1.54, 1.807) is 0 Å². The summed E-state index contributed by atoms with van der Waals surface area (Å²) in [5.41, 5.74) is 1.03. The van der Waals surface area contributed by atoms with Crippen molar-refractivity contribution >= 4 is 0 Å². The van der Waals surface area contributed by atoms with Gasteiger partial charge in [0.25, 0.3) is 0 Å². The minimum Gasteiger partial charge on any atom is -0.384 e. The van der Waals surface area contributed by atoms with Gasteiger partial charge in [0.05, 0.1) is 6.61 Å². The Labute approximate surface area is 113 Å². The van der Waals surface area contributed by atoms with Gasteiger partial charge in [0.2, 0.25) is 0 Å². The van der Waals surface area contributed by atoms with Gasteiger partial charge in [-0.05, 0) is 56.5 Å². The minimum absolute atomic E-state index is 0.501. The smallest absolute Gasteiger partial charge is 0.0530 e. The van der Waals surface area contributed by atoms with Gasteiger partial charge in [0.1, 0.15) is 0 Å².